The lowest BCUT2D eigenvalue weighted by Gasteiger charge is -2.15. The summed E-state index contributed by atoms with van der Waals surface area (Å²) in [5.74, 6) is -0.609. The van der Waals surface area contributed by atoms with Crippen molar-refractivity contribution in [3.8, 4) is 0 Å². The lowest BCUT2D eigenvalue weighted by atomic mass is 10.1. The van der Waals surface area contributed by atoms with Crippen molar-refractivity contribution in [3.05, 3.63) is 15.6 Å². The molecule has 6 heteroatoms. The molecule has 0 radical (unpaired) electrons. The van der Waals surface area contributed by atoms with Crippen LogP contribution in [-0.4, -0.2) is 40.5 Å². The van der Waals surface area contributed by atoms with Gasteiger partial charge in [0.25, 0.3) is 5.91 Å². The Balaban J connectivity index is 2.83. The summed E-state index contributed by atoms with van der Waals surface area (Å²) < 4.78 is 0. The van der Waals surface area contributed by atoms with Crippen LogP contribution < -0.4 is 0 Å². The zero-order valence-corrected chi connectivity index (χ0v) is 12.6. The number of nitrogens with zero attached hydrogens (tertiary/aromatic N) is 2. The summed E-state index contributed by atoms with van der Waals surface area (Å²) in [6, 6.07) is 0. The number of thiazole rings is 1. The molecule has 5 nitrogen and oxygen atoms in total. The SMILES string of the molecule is Cc1nc(CC(C)C)c(C(=O)N(C)CCC(=O)O)s1. The highest BCUT2D eigenvalue weighted by molar-refractivity contribution is 7.13. The van der Waals surface area contributed by atoms with Crippen LogP contribution in [0.25, 0.3) is 0 Å². The third-order valence-electron chi connectivity index (χ3n) is 2.61. The predicted molar refractivity (Wildman–Crippen MR) is 74.6 cm³/mol. The van der Waals surface area contributed by atoms with Crippen molar-refractivity contribution < 1.29 is 14.7 Å². The number of carbonyl (C=O) groups is 2. The largest absolute Gasteiger partial charge is 0.481 e. The third-order valence-corrected chi connectivity index (χ3v) is 3.61. The molecule has 1 aromatic heterocycles. The van der Waals surface area contributed by atoms with Gasteiger partial charge in [0, 0.05) is 13.6 Å². The van der Waals surface area contributed by atoms with Crippen LogP contribution in [0.5, 0.6) is 0 Å². The highest BCUT2D eigenvalue weighted by atomic mass is 32.1. The first-order valence-electron chi connectivity index (χ1n) is 6.24. The van der Waals surface area contributed by atoms with Crippen LogP contribution in [0.1, 0.15) is 40.6 Å². The molecule has 1 amide bonds. The number of carbonyl (C=O) groups excluding carboxylic acids is 1. The van der Waals surface area contributed by atoms with Gasteiger partial charge in [0.15, 0.2) is 0 Å². The molecule has 0 bridgehead atoms. The van der Waals surface area contributed by atoms with Crippen LogP contribution in [-0.2, 0) is 11.2 Å². The van der Waals surface area contributed by atoms with Gasteiger partial charge in [-0.05, 0) is 19.3 Å². The molecule has 0 unspecified atom stereocenters. The van der Waals surface area contributed by atoms with Crippen LogP contribution >= 0.6 is 11.3 Å². The second-order valence-corrected chi connectivity index (χ2v) is 6.18. The van der Waals surface area contributed by atoms with Crippen LogP contribution in [0, 0.1) is 12.8 Å². The smallest absolute Gasteiger partial charge is 0.305 e. The minimum Gasteiger partial charge on any atom is -0.481 e. The van der Waals surface area contributed by atoms with Gasteiger partial charge in [0.2, 0.25) is 0 Å². The number of hydrogen-bond donors (Lipinski definition) is 1. The predicted octanol–water partition coefficient (Wildman–Crippen LogP) is 2.20. The van der Waals surface area contributed by atoms with Crippen molar-refractivity contribution in [2.24, 2.45) is 5.92 Å². The van der Waals surface area contributed by atoms with Gasteiger partial charge in [0.1, 0.15) is 4.88 Å². The van der Waals surface area contributed by atoms with E-state index in [9.17, 15) is 9.59 Å². The van der Waals surface area contributed by atoms with Crippen LogP contribution in [0.15, 0.2) is 0 Å². The molecule has 19 heavy (non-hydrogen) atoms. The van der Waals surface area contributed by atoms with Crippen LogP contribution in [0.3, 0.4) is 0 Å². The van der Waals surface area contributed by atoms with Gasteiger partial charge in [-0.3, -0.25) is 9.59 Å². The highest BCUT2D eigenvalue weighted by Gasteiger charge is 2.21. The Kier molecular flexibility index (Phi) is 5.47. The molecule has 106 valence electrons. The lowest BCUT2D eigenvalue weighted by Crippen LogP contribution is -2.29. The number of amides is 1. The monoisotopic (exact) mass is 284 g/mol. The summed E-state index contributed by atoms with van der Waals surface area (Å²) in [5, 5.41) is 9.51. The summed E-state index contributed by atoms with van der Waals surface area (Å²) in [6.07, 6.45) is 0.720. The lowest BCUT2D eigenvalue weighted by molar-refractivity contribution is -0.137. The Morgan fingerprint density at radius 1 is 1.42 bits per heavy atom. The first-order valence-corrected chi connectivity index (χ1v) is 7.06. The molecule has 1 heterocycles. The minimum absolute atomic E-state index is 0.0421. The van der Waals surface area contributed by atoms with E-state index in [-0.39, 0.29) is 18.9 Å². The van der Waals surface area contributed by atoms with E-state index in [1.807, 2.05) is 6.92 Å². The highest BCUT2D eigenvalue weighted by Crippen LogP contribution is 2.22. The van der Waals surface area contributed by atoms with E-state index in [0.29, 0.717) is 10.8 Å². The molecule has 0 aliphatic carbocycles. The maximum atomic E-state index is 12.3. The minimum atomic E-state index is -0.900. The number of hydrogen-bond acceptors (Lipinski definition) is 4. The Hall–Kier alpha value is -1.43. The maximum Gasteiger partial charge on any atom is 0.305 e. The van der Waals surface area contributed by atoms with Gasteiger partial charge < -0.3 is 10.0 Å². The molecular weight excluding hydrogens is 264 g/mol. The van der Waals surface area contributed by atoms with Gasteiger partial charge in [-0.1, -0.05) is 13.8 Å². The number of carboxylic acids is 1. The normalized spacial score (nSPS) is 10.8. The number of aromatic nitrogens is 1. The Bertz CT molecular complexity index is 468. The number of carboxylic acid groups (broad SMARTS) is 1. The van der Waals surface area contributed by atoms with Gasteiger partial charge in [-0.15, -0.1) is 11.3 Å². The van der Waals surface area contributed by atoms with Crippen molar-refractivity contribution in [2.45, 2.75) is 33.6 Å². The maximum absolute atomic E-state index is 12.3. The Morgan fingerprint density at radius 3 is 2.58 bits per heavy atom. The molecule has 0 aliphatic rings. The molecule has 1 N–H and O–H groups in total. The average Bonchev–Trinajstić information content (AvgIpc) is 2.65. The van der Waals surface area contributed by atoms with Crippen molar-refractivity contribution >= 4 is 23.2 Å². The van der Waals surface area contributed by atoms with Gasteiger partial charge >= 0.3 is 5.97 Å². The number of aryl methyl sites for hydroxylation is 1. The summed E-state index contributed by atoms with van der Waals surface area (Å²) in [5.41, 5.74) is 0.824. The Morgan fingerprint density at radius 2 is 2.05 bits per heavy atom. The fourth-order valence-corrected chi connectivity index (χ4v) is 2.64. The van der Waals surface area contributed by atoms with Gasteiger partial charge in [-0.25, -0.2) is 4.98 Å². The first kappa shape index (κ1) is 15.6. The Labute approximate surface area is 117 Å². The van der Waals surface area contributed by atoms with E-state index >= 15 is 0 Å². The molecule has 0 atom stereocenters. The second kappa shape index (κ2) is 6.65. The van der Waals surface area contributed by atoms with Gasteiger partial charge in [0.05, 0.1) is 17.1 Å². The van der Waals surface area contributed by atoms with E-state index in [2.05, 4.69) is 18.8 Å². The molecule has 0 spiro atoms. The summed E-state index contributed by atoms with van der Waals surface area (Å²) in [6.45, 7) is 6.25. The average molecular weight is 284 g/mol. The van der Waals surface area contributed by atoms with Gasteiger partial charge in [-0.2, -0.15) is 0 Å². The molecule has 0 saturated carbocycles. The van der Waals surface area contributed by atoms with E-state index in [0.717, 1.165) is 17.1 Å². The van der Waals surface area contributed by atoms with E-state index < -0.39 is 5.97 Å². The topological polar surface area (TPSA) is 70.5 Å². The summed E-state index contributed by atoms with van der Waals surface area (Å²) in [7, 11) is 1.62. The van der Waals surface area contributed by atoms with Crippen LogP contribution in [0.2, 0.25) is 0 Å². The van der Waals surface area contributed by atoms with E-state index in [4.69, 9.17) is 5.11 Å². The quantitative estimate of drug-likeness (QED) is 0.869. The van der Waals surface area contributed by atoms with Crippen molar-refractivity contribution in [1.29, 1.82) is 0 Å². The standard InChI is InChI=1S/C13H20N2O3S/c1-8(2)7-10-12(19-9(3)14-10)13(18)15(4)6-5-11(16)17/h8H,5-7H2,1-4H3,(H,16,17). The molecule has 0 aliphatic heterocycles. The first-order chi connectivity index (χ1) is 8.81. The van der Waals surface area contributed by atoms with E-state index in [1.54, 1.807) is 7.05 Å². The zero-order chi connectivity index (χ0) is 14.6. The van der Waals surface area contributed by atoms with Crippen molar-refractivity contribution in [2.75, 3.05) is 13.6 Å². The molecule has 0 saturated heterocycles. The molecule has 0 fully saturated rings. The molecule has 0 aromatic carbocycles. The molecule has 1 rings (SSSR count). The van der Waals surface area contributed by atoms with Crippen molar-refractivity contribution in [3.63, 3.8) is 0 Å². The van der Waals surface area contributed by atoms with E-state index in [1.165, 1.54) is 16.2 Å². The fourth-order valence-electron chi connectivity index (χ4n) is 1.70. The zero-order valence-electron chi connectivity index (χ0n) is 11.8. The second-order valence-electron chi connectivity index (χ2n) is 4.98. The fraction of sp³-hybridized carbons (Fsp3) is 0.615. The molecule has 1 aromatic rings. The number of rotatable bonds is 6. The van der Waals surface area contributed by atoms with Crippen molar-refractivity contribution in [1.82, 2.24) is 9.88 Å². The third kappa shape index (κ3) is 4.63. The van der Waals surface area contributed by atoms with Crippen LogP contribution in [0.4, 0.5) is 0 Å². The summed E-state index contributed by atoms with van der Waals surface area (Å²) >= 11 is 1.38. The summed E-state index contributed by atoms with van der Waals surface area (Å²) in [4.78, 5) is 29.3. The molecular formula is C13H20N2O3S. The number of aliphatic carboxylic acids is 1.